The van der Waals surface area contributed by atoms with Gasteiger partial charge in [-0.05, 0) is 31.0 Å². The minimum Gasteiger partial charge on any atom is -0.356 e. The van der Waals surface area contributed by atoms with Crippen LogP contribution in [0.1, 0.15) is 41.6 Å². The highest BCUT2D eigenvalue weighted by Gasteiger charge is 2.19. The summed E-state index contributed by atoms with van der Waals surface area (Å²) in [6, 6.07) is 10.7. The maximum absolute atomic E-state index is 13.2. The summed E-state index contributed by atoms with van der Waals surface area (Å²) >= 11 is 0. The van der Waals surface area contributed by atoms with Crippen LogP contribution in [0, 0.1) is 10.1 Å². The van der Waals surface area contributed by atoms with Crippen molar-refractivity contribution in [1.29, 1.82) is 0 Å². The van der Waals surface area contributed by atoms with E-state index in [9.17, 15) is 19.7 Å². The van der Waals surface area contributed by atoms with Crippen molar-refractivity contribution >= 4 is 29.3 Å². The molecule has 2 aromatic heterocycles. The van der Waals surface area contributed by atoms with Crippen molar-refractivity contribution in [3.63, 3.8) is 0 Å². The van der Waals surface area contributed by atoms with Gasteiger partial charge in [-0.25, -0.2) is 10.4 Å². The second-order valence-electron chi connectivity index (χ2n) is 7.49. The maximum Gasteiger partial charge on any atom is 0.271 e. The minimum atomic E-state index is -0.616. The minimum absolute atomic E-state index is 0.0949. The Kier molecular flexibility index (Phi) is 6.20. The standard InChI is InChI=1S/C22H22N6O4/c29-21(16-8-7-9-17(14-16)28(31)32)25-23-15-18-20(26-11-4-1-2-5-12-26)24-19-10-3-6-13-27(19)22(18)30/h3,6-10,13-15H,1-2,4-5,11-12H2,(H,25,29)/b23-15-. The zero-order valence-electron chi connectivity index (χ0n) is 17.3. The van der Waals surface area contributed by atoms with Crippen molar-refractivity contribution in [2.45, 2.75) is 25.7 Å². The van der Waals surface area contributed by atoms with E-state index in [2.05, 4.69) is 15.4 Å². The number of aromatic nitrogens is 2. The summed E-state index contributed by atoms with van der Waals surface area (Å²) in [5, 5.41) is 14.9. The first-order chi connectivity index (χ1) is 15.5. The molecule has 0 radical (unpaired) electrons. The smallest absolute Gasteiger partial charge is 0.271 e. The normalized spacial score (nSPS) is 14.4. The topological polar surface area (TPSA) is 122 Å². The molecular weight excluding hydrogens is 412 g/mol. The Balaban J connectivity index is 1.66. The first-order valence-corrected chi connectivity index (χ1v) is 10.4. The van der Waals surface area contributed by atoms with Crippen molar-refractivity contribution in [3.8, 4) is 0 Å². The van der Waals surface area contributed by atoms with E-state index in [0.717, 1.165) is 38.8 Å². The van der Waals surface area contributed by atoms with Crippen LogP contribution in [0.15, 0.2) is 58.6 Å². The Hall–Kier alpha value is -4.08. The van der Waals surface area contributed by atoms with E-state index in [1.165, 1.54) is 34.9 Å². The summed E-state index contributed by atoms with van der Waals surface area (Å²) in [5.74, 6) is -0.0772. The van der Waals surface area contributed by atoms with Gasteiger partial charge in [0.15, 0.2) is 0 Å². The molecule has 1 aliphatic heterocycles. The largest absolute Gasteiger partial charge is 0.356 e. The van der Waals surface area contributed by atoms with E-state index in [-0.39, 0.29) is 22.4 Å². The molecule has 3 aromatic rings. The molecule has 3 heterocycles. The molecule has 1 aromatic carbocycles. The highest BCUT2D eigenvalue weighted by molar-refractivity contribution is 5.96. The fourth-order valence-electron chi connectivity index (χ4n) is 3.71. The van der Waals surface area contributed by atoms with E-state index in [4.69, 9.17) is 4.98 Å². The zero-order valence-corrected chi connectivity index (χ0v) is 17.3. The third-order valence-corrected chi connectivity index (χ3v) is 5.33. The summed E-state index contributed by atoms with van der Waals surface area (Å²) in [6.07, 6.45) is 7.21. The predicted octanol–water partition coefficient (Wildman–Crippen LogP) is 2.75. The number of fused-ring (bicyclic) bond motifs is 1. The number of carbonyl (C=O) groups is 1. The van der Waals surface area contributed by atoms with E-state index in [1.54, 1.807) is 18.3 Å². The molecule has 10 heteroatoms. The molecule has 0 aliphatic carbocycles. The van der Waals surface area contributed by atoms with Gasteiger partial charge < -0.3 is 4.90 Å². The van der Waals surface area contributed by atoms with Crippen LogP contribution in [0.4, 0.5) is 11.5 Å². The molecule has 0 spiro atoms. The number of carbonyl (C=O) groups excluding carboxylic acids is 1. The van der Waals surface area contributed by atoms with E-state index >= 15 is 0 Å². The molecule has 1 amide bonds. The fourth-order valence-corrected chi connectivity index (χ4v) is 3.71. The van der Waals surface area contributed by atoms with Gasteiger partial charge >= 0.3 is 0 Å². The number of amides is 1. The van der Waals surface area contributed by atoms with E-state index in [0.29, 0.717) is 11.5 Å². The summed E-state index contributed by atoms with van der Waals surface area (Å²) in [4.78, 5) is 42.7. The van der Waals surface area contributed by atoms with Crippen molar-refractivity contribution < 1.29 is 9.72 Å². The van der Waals surface area contributed by atoms with Crippen LogP contribution in [-0.4, -0.2) is 39.5 Å². The van der Waals surface area contributed by atoms with Gasteiger partial charge in [0, 0.05) is 37.0 Å². The van der Waals surface area contributed by atoms with Gasteiger partial charge in [-0.15, -0.1) is 0 Å². The molecule has 0 bridgehead atoms. The lowest BCUT2D eigenvalue weighted by Crippen LogP contribution is -2.31. The average molecular weight is 434 g/mol. The number of rotatable bonds is 5. The molecule has 4 rings (SSSR count). The van der Waals surface area contributed by atoms with Gasteiger partial charge in [-0.3, -0.25) is 24.1 Å². The maximum atomic E-state index is 13.2. The molecule has 0 atom stereocenters. The number of non-ortho nitro benzene ring substituents is 1. The highest BCUT2D eigenvalue weighted by Crippen LogP contribution is 2.20. The van der Waals surface area contributed by atoms with Crippen molar-refractivity contribution in [1.82, 2.24) is 14.8 Å². The fraction of sp³-hybridized carbons (Fsp3) is 0.273. The summed E-state index contributed by atoms with van der Waals surface area (Å²) < 4.78 is 1.44. The van der Waals surface area contributed by atoms with E-state index in [1.807, 2.05) is 6.07 Å². The van der Waals surface area contributed by atoms with Crippen LogP contribution >= 0.6 is 0 Å². The monoisotopic (exact) mass is 434 g/mol. The number of nitro benzene ring substituents is 1. The van der Waals surface area contributed by atoms with Crippen LogP contribution in [0.25, 0.3) is 5.65 Å². The number of hydrazone groups is 1. The third-order valence-electron chi connectivity index (χ3n) is 5.33. The summed E-state index contributed by atoms with van der Waals surface area (Å²) in [5.41, 5.74) is 2.77. The first-order valence-electron chi connectivity index (χ1n) is 10.4. The molecule has 164 valence electrons. The Morgan fingerprint density at radius 2 is 1.91 bits per heavy atom. The second kappa shape index (κ2) is 9.38. The molecule has 1 saturated heterocycles. The Bertz CT molecular complexity index is 1240. The predicted molar refractivity (Wildman–Crippen MR) is 120 cm³/mol. The summed E-state index contributed by atoms with van der Waals surface area (Å²) in [6.45, 7) is 1.58. The van der Waals surface area contributed by atoms with Gasteiger partial charge in [-0.2, -0.15) is 5.10 Å². The Morgan fingerprint density at radius 1 is 1.12 bits per heavy atom. The van der Waals surface area contributed by atoms with Crippen molar-refractivity contribution in [2.24, 2.45) is 5.10 Å². The first kappa shape index (κ1) is 21.2. The number of hydrogen-bond acceptors (Lipinski definition) is 7. The number of nitrogens with one attached hydrogen (secondary N) is 1. The molecule has 10 nitrogen and oxygen atoms in total. The second-order valence-corrected chi connectivity index (χ2v) is 7.49. The lowest BCUT2D eigenvalue weighted by Gasteiger charge is -2.23. The highest BCUT2D eigenvalue weighted by atomic mass is 16.6. The molecule has 1 N–H and O–H groups in total. The van der Waals surface area contributed by atoms with Gasteiger partial charge in [0.2, 0.25) is 0 Å². The van der Waals surface area contributed by atoms with Gasteiger partial charge in [-0.1, -0.05) is 25.0 Å². The quantitative estimate of drug-likeness (QED) is 0.374. The van der Waals surface area contributed by atoms with Crippen molar-refractivity contribution in [2.75, 3.05) is 18.0 Å². The number of nitrogens with zero attached hydrogens (tertiary/aromatic N) is 5. The molecular formula is C22H22N6O4. The zero-order chi connectivity index (χ0) is 22.5. The molecule has 32 heavy (non-hydrogen) atoms. The molecule has 0 unspecified atom stereocenters. The number of anilines is 1. The number of hydrogen-bond donors (Lipinski definition) is 1. The molecule has 1 aliphatic rings. The Morgan fingerprint density at radius 3 is 2.66 bits per heavy atom. The van der Waals surface area contributed by atoms with Crippen molar-refractivity contribution in [3.05, 3.63) is 80.3 Å². The van der Waals surface area contributed by atoms with Gasteiger partial charge in [0.05, 0.1) is 11.1 Å². The molecule has 0 saturated carbocycles. The average Bonchev–Trinajstić information content (AvgIpc) is 3.10. The van der Waals surface area contributed by atoms with E-state index < -0.39 is 10.8 Å². The Labute approximate surface area is 183 Å². The third kappa shape index (κ3) is 4.48. The van der Waals surface area contributed by atoms with Crippen LogP contribution in [0.3, 0.4) is 0 Å². The van der Waals surface area contributed by atoms with Gasteiger partial charge in [0.1, 0.15) is 17.0 Å². The lowest BCUT2D eigenvalue weighted by atomic mass is 10.2. The number of benzene rings is 1. The van der Waals surface area contributed by atoms with Gasteiger partial charge in [0.25, 0.3) is 17.2 Å². The SMILES string of the molecule is O=C(N/N=C\c1c(N2CCCCCC2)nc2ccccn2c1=O)c1cccc([N+](=O)[O-])c1. The lowest BCUT2D eigenvalue weighted by molar-refractivity contribution is -0.384. The molecule has 1 fully saturated rings. The van der Waals surface area contributed by atoms with Crippen LogP contribution in [-0.2, 0) is 0 Å². The van der Waals surface area contributed by atoms with Crippen LogP contribution in [0.5, 0.6) is 0 Å². The number of nitro groups is 1. The van der Waals surface area contributed by atoms with Crippen LogP contribution in [0.2, 0.25) is 0 Å². The summed E-state index contributed by atoms with van der Waals surface area (Å²) in [7, 11) is 0. The van der Waals surface area contributed by atoms with Crippen LogP contribution < -0.4 is 15.9 Å². The number of pyridine rings is 1.